The van der Waals surface area contributed by atoms with Crippen molar-refractivity contribution in [2.45, 2.75) is 52.4 Å². The van der Waals surface area contributed by atoms with Crippen molar-refractivity contribution < 1.29 is 0 Å². The molecule has 4 unspecified atom stereocenters. The Bertz CT molecular complexity index is 204. The maximum absolute atomic E-state index is 2.43. The molecule has 4 atom stereocenters. The van der Waals surface area contributed by atoms with Crippen molar-refractivity contribution in [2.24, 2.45) is 23.7 Å². The summed E-state index contributed by atoms with van der Waals surface area (Å²) < 4.78 is 0. The summed E-state index contributed by atoms with van der Waals surface area (Å²) in [6, 6.07) is 0. The molecule has 80 valence electrons. The highest BCUT2D eigenvalue weighted by atomic mass is 14.4. The van der Waals surface area contributed by atoms with Crippen molar-refractivity contribution in [1.82, 2.24) is 0 Å². The summed E-state index contributed by atoms with van der Waals surface area (Å²) in [7, 11) is 0. The van der Waals surface area contributed by atoms with Crippen molar-refractivity contribution in [3.05, 3.63) is 12.2 Å². The molecule has 0 aromatic heterocycles. The third kappa shape index (κ3) is 2.04. The van der Waals surface area contributed by atoms with E-state index in [4.69, 9.17) is 0 Å². The van der Waals surface area contributed by atoms with Crippen LogP contribution in [0.25, 0.3) is 0 Å². The summed E-state index contributed by atoms with van der Waals surface area (Å²) in [5, 5.41) is 0. The van der Waals surface area contributed by atoms with Crippen molar-refractivity contribution in [3.8, 4) is 0 Å². The molecule has 2 aliphatic carbocycles. The standard InChI is InChI=1S/C14H24/c1-3-11(2)10-13-9-8-12-6-4-5-7-14(12)13/h4-5,11-14H,3,6-10H2,1-2H3. The van der Waals surface area contributed by atoms with Crippen LogP contribution in [-0.4, -0.2) is 0 Å². The maximum Gasteiger partial charge on any atom is -0.0317 e. The lowest BCUT2D eigenvalue weighted by molar-refractivity contribution is 0.261. The minimum atomic E-state index is 0.949. The Balaban J connectivity index is 1.91. The van der Waals surface area contributed by atoms with E-state index in [0.717, 1.165) is 23.7 Å². The van der Waals surface area contributed by atoms with Crippen LogP contribution in [0, 0.1) is 23.7 Å². The van der Waals surface area contributed by atoms with Gasteiger partial charge in [0.1, 0.15) is 0 Å². The molecule has 1 fully saturated rings. The van der Waals surface area contributed by atoms with Crippen LogP contribution in [-0.2, 0) is 0 Å². The summed E-state index contributed by atoms with van der Waals surface area (Å²) in [4.78, 5) is 0. The van der Waals surface area contributed by atoms with E-state index in [1.165, 1.54) is 38.5 Å². The summed E-state index contributed by atoms with van der Waals surface area (Å²) in [6.45, 7) is 4.75. The fourth-order valence-corrected chi connectivity index (χ4v) is 3.42. The maximum atomic E-state index is 2.43. The zero-order chi connectivity index (χ0) is 9.97. The number of hydrogen-bond acceptors (Lipinski definition) is 0. The van der Waals surface area contributed by atoms with E-state index < -0.39 is 0 Å². The first-order valence-corrected chi connectivity index (χ1v) is 6.46. The van der Waals surface area contributed by atoms with Gasteiger partial charge in [-0.1, -0.05) is 32.4 Å². The number of allylic oxidation sites excluding steroid dienone is 2. The molecule has 0 aromatic carbocycles. The highest BCUT2D eigenvalue weighted by Gasteiger charge is 2.35. The van der Waals surface area contributed by atoms with E-state index in [9.17, 15) is 0 Å². The van der Waals surface area contributed by atoms with Crippen LogP contribution >= 0.6 is 0 Å². The van der Waals surface area contributed by atoms with Crippen LogP contribution in [0.15, 0.2) is 12.2 Å². The van der Waals surface area contributed by atoms with Crippen LogP contribution < -0.4 is 0 Å². The molecule has 0 spiro atoms. The van der Waals surface area contributed by atoms with Gasteiger partial charge in [-0.05, 0) is 55.8 Å². The molecule has 0 radical (unpaired) electrons. The molecule has 0 heteroatoms. The fraction of sp³-hybridized carbons (Fsp3) is 0.857. The van der Waals surface area contributed by atoms with Gasteiger partial charge in [-0.15, -0.1) is 0 Å². The van der Waals surface area contributed by atoms with Crippen LogP contribution in [0.4, 0.5) is 0 Å². The van der Waals surface area contributed by atoms with Crippen molar-refractivity contribution >= 4 is 0 Å². The molecule has 0 saturated heterocycles. The van der Waals surface area contributed by atoms with Gasteiger partial charge in [0.05, 0.1) is 0 Å². The molecule has 0 N–H and O–H groups in total. The average molecular weight is 192 g/mol. The summed E-state index contributed by atoms with van der Waals surface area (Å²) >= 11 is 0. The van der Waals surface area contributed by atoms with E-state index in [2.05, 4.69) is 26.0 Å². The predicted octanol–water partition coefficient (Wildman–Crippen LogP) is 4.42. The van der Waals surface area contributed by atoms with Gasteiger partial charge in [0.2, 0.25) is 0 Å². The normalized spacial score (nSPS) is 38.3. The van der Waals surface area contributed by atoms with Crippen molar-refractivity contribution in [1.29, 1.82) is 0 Å². The molecule has 0 aliphatic heterocycles. The molecule has 1 saturated carbocycles. The molecule has 0 bridgehead atoms. The molecule has 0 aromatic rings. The molecule has 0 heterocycles. The summed E-state index contributed by atoms with van der Waals surface area (Å²) in [5.41, 5.74) is 0. The zero-order valence-corrected chi connectivity index (χ0v) is 9.71. The zero-order valence-electron chi connectivity index (χ0n) is 9.71. The highest BCUT2D eigenvalue weighted by Crippen LogP contribution is 2.46. The molecular formula is C14H24. The number of hydrogen-bond donors (Lipinski definition) is 0. The van der Waals surface area contributed by atoms with Crippen LogP contribution in [0.1, 0.15) is 52.4 Å². The lowest BCUT2D eigenvalue weighted by atomic mass is 9.78. The minimum absolute atomic E-state index is 0.949. The van der Waals surface area contributed by atoms with E-state index in [1.807, 2.05) is 0 Å². The van der Waals surface area contributed by atoms with Gasteiger partial charge in [-0.3, -0.25) is 0 Å². The molecule has 2 rings (SSSR count). The molecular weight excluding hydrogens is 168 g/mol. The van der Waals surface area contributed by atoms with E-state index in [1.54, 1.807) is 0 Å². The Hall–Kier alpha value is -0.260. The number of fused-ring (bicyclic) bond motifs is 1. The topological polar surface area (TPSA) is 0 Å². The van der Waals surface area contributed by atoms with E-state index >= 15 is 0 Å². The average Bonchev–Trinajstić information content (AvgIpc) is 2.62. The smallest absolute Gasteiger partial charge is 0.0317 e. The van der Waals surface area contributed by atoms with Crippen LogP contribution in [0.5, 0.6) is 0 Å². The lowest BCUT2D eigenvalue weighted by Crippen LogP contribution is -2.18. The molecule has 14 heavy (non-hydrogen) atoms. The third-order valence-electron chi connectivity index (χ3n) is 4.54. The van der Waals surface area contributed by atoms with E-state index in [-0.39, 0.29) is 0 Å². The SMILES string of the molecule is CCC(C)CC1CCC2CC=CCC21. The van der Waals surface area contributed by atoms with Gasteiger partial charge in [-0.2, -0.15) is 0 Å². The predicted molar refractivity (Wildman–Crippen MR) is 62.2 cm³/mol. The molecule has 0 nitrogen and oxygen atoms in total. The van der Waals surface area contributed by atoms with Crippen LogP contribution in [0.2, 0.25) is 0 Å². The fourth-order valence-electron chi connectivity index (χ4n) is 3.42. The van der Waals surface area contributed by atoms with Gasteiger partial charge in [0, 0.05) is 0 Å². The first kappa shape index (κ1) is 10.3. The minimum Gasteiger partial charge on any atom is -0.0882 e. The summed E-state index contributed by atoms with van der Waals surface area (Å²) in [5.74, 6) is 4.10. The van der Waals surface area contributed by atoms with Crippen LogP contribution in [0.3, 0.4) is 0 Å². The Kier molecular flexibility index (Phi) is 3.30. The third-order valence-corrected chi connectivity index (χ3v) is 4.54. The molecule has 0 amide bonds. The number of rotatable bonds is 3. The first-order valence-electron chi connectivity index (χ1n) is 6.46. The van der Waals surface area contributed by atoms with Gasteiger partial charge in [0.25, 0.3) is 0 Å². The first-order chi connectivity index (χ1) is 6.81. The largest absolute Gasteiger partial charge is 0.0882 e. The van der Waals surface area contributed by atoms with Crippen molar-refractivity contribution in [2.75, 3.05) is 0 Å². The van der Waals surface area contributed by atoms with E-state index in [0.29, 0.717) is 0 Å². The Morgan fingerprint density at radius 3 is 2.79 bits per heavy atom. The Morgan fingerprint density at radius 2 is 2.00 bits per heavy atom. The van der Waals surface area contributed by atoms with Crippen molar-refractivity contribution in [3.63, 3.8) is 0 Å². The Labute approximate surface area is 88.8 Å². The quantitative estimate of drug-likeness (QED) is 0.581. The highest BCUT2D eigenvalue weighted by molar-refractivity contribution is 4.99. The second kappa shape index (κ2) is 4.51. The van der Waals surface area contributed by atoms with Gasteiger partial charge >= 0.3 is 0 Å². The summed E-state index contributed by atoms with van der Waals surface area (Å²) in [6.07, 6.45) is 13.5. The monoisotopic (exact) mass is 192 g/mol. The Morgan fingerprint density at radius 1 is 1.21 bits per heavy atom. The second-order valence-electron chi connectivity index (χ2n) is 5.45. The van der Waals surface area contributed by atoms with Gasteiger partial charge in [-0.25, -0.2) is 0 Å². The second-order valence-corrected chi connectivity index (χ2v) is 5.45. The van der Waals surface area contributed by atoms with Gasteiger partial charge in [0.15, 0.2) is 0 Å². The molecule has 2 aliphatic rings. The van der Waals surface area contributed by atoms with Gasteiger partial charge < -0.3 is 0 Å². The lowest BCUT2D eigenvalue weighted by Gasteiger charge is -2.27.